The molecular formula is C13H22N4O. The van der Waals surface area contributed by atoms with Crippen molar-refractivity contribution in [1.29, 1.82) is 0 Å². The van der Waals surface area contributed by atoms with Crippen LogP contribution in [-0.4, -0.2) is 43.3 Å². The Hall–Kier alpha value is -1.20. The van der Waals surface area contributed by atoms with Crippen molar-refractivity contribution >= 4 is 5.82 Å². The van der Waals surface area contributed by atoms with Gasteiger partial charge in [0.25, 0.3) is 0 Å². The van der Waals surface area contributed by atoms with E-state index < -0.39 is 0 Å². The lowest BCUT2D eigenvalue weighted by Crippen LogP contribution is -2.26. The third-order valence-electron chi connectivity index (χ3n) is 3.20. The summed E-state index contributed by atoms with van der Waals surface area (Å²) in [5.74, 6) is 1.02. The van der Waals surface area contributed by atoms with Crippen LogP contribution < -0.4 is 10.6 Å². The molecule has 0 bridgehead atoms. The van der Waals surface area contributed by atoms with Crippen LogP contribution in [0.2, 0.25) is 0 Å². The zero-order valence-electron chi connectivity index (χ0n) is 11.0. The molecule has 0 saturated heterocycles. The Morgan fingerprint density at radius 2 is 2.06 bits per heavy atom. The van der Waals surface area contributed by atoms with Gasteiger partial charge in [0.2, 0.25) is 0 Å². The van der Waals surface area contributed by atoms with Crippen molar-refractivity contribution in [3.05, 3.63) is 17.6 Å². The first-order valence-electron chi connectivity index (χ1n) is 6.68. The van der Waals surface area contributed by atoms with E-state index in [9.17, 15) is 0 Å². The molecule has 0 saturated carbocycles. The lowest BCUT2D eigenvalue weighted by Gasteiger charge is -2.18. The van der Waals surface area contributed by atoms with E-state index in [1.807, 2.05) is 0 Å². The van der Waals surface area contributed by atoms with Gasteiger partial charge in [0.15, 0.2) is 0 Å². The van der Waals surface area contributed by atoms with Crippen molar-refractivity contribution in [1.82, 2.24) is 15.3 Å². The molecule has 5 nitrogen and oxygen atoms in total. The van der Waals surface area contributed by atoms with Gasteiger partial charge in [0, 0.05) is 38.0 Å². The number of hydrogen-bond acceptors (Lipinski definition) is 5. The van der Waals surface area contributed by atoms with Gasteiger partial charge < -0.3 is 15.4 Å². The summed E-state index contributed by atoms with van der Waals surface area (Å²) in [5.41, 5.74) is 2.55. The number of aryl methyl sites for hydroxylation is 1. The molecule has 1 aliphatic carbocycles. The Bertz CT molecular complexity index is 370. The largest absolute Gasteiger partial charge is 0.383 e. The van der Waals surface area contributed by atoms with Crippen LogP contribution >= 0.6 is 0 Å². The summed E-state index contributed by atoms with van der Waals surface area (Å²) >= 11 is 0. The zero-order valence-corrected chi connectivity index (χ0v) is 11.0. The summed E-state index contributed by atoms with van der Waals surface area (Å²) in [6.45, 7) is 3.44. The molecular weight excluding hydrogens is 228 g/mol. The second-order valence-corrected chi connectivity index (χ2v) is 4.52. The first kappa shape index (κ1) is 13.2. The third kappa shape index (κ3) is 3.65. The van der Waals surface area contributed by atoms with Gasteiger partial charge in [-0.2, -0.15) is 0 Å². The highest BCUT2D eigenvalue weighted by Crippen LogP contribution is 2.23. The summed E-state index contributed by atoms with van der Waals surface area (Å²) < 4.78 is 4.98. The molecule has 100 valence electrons. The number of ether oxygens (including phenoxy) is 1. The van der Waals surface area contributed by atoms with Crippen molar-refractivity contribution < 1.29 is 4.74 Å². The van der Waals surface area contributed by atoms with Gasteiger partial charge in [-0.05, 0) is 25.7 Å². The van der Waals surface area contributed by atoms with E-state index in [0.717, 1.165) is 44.9 Å². The van der Waals surface area contributed by atoms with E-state index in [0.29, 0.717) is 0 Å². The molecule has 5 heteroatoms. The SMILES string of the molecule is COCCNCCNc1ncnc2c1CCCC2. The van der Waals surface area contributed by atoms with Crippen LogP contribution in [0.5, 0.6) is 0 Å². The van der Waals surface area contributed by atoms with E-state index in [1.165, 1.54) is 24.1 Å². The average molecular weight is 250 g/mol. The highest BCUT2D eigenvalue weighted by Gasteiger charge is 2.14. The molecule has 0 aromatic carbocycles. The summed E-state index contributed by atoms with van der Waals surface area (Å²) in [4.78, 5) is 8.72. The number of nitrogens with zero attached hydrogens (tertiary/aromatic N) is 2. The molecule has 18 heavy (non-hydrogen) atoms. The second-order valence-electron chi connectivity index (χ2n) is 4.52. The normalized spacial score (nSPS) is 14.3. The molecule has 1 aromatic heterocycles. The lowest BCUT2D eigenvalue weighted by atomic mass is 9.96. The molecule has 0 spiro atoms. The van der Waals surface area contributed by atoms with Crippen LogP contribution in [0.25, 0.3) is 0 Å². The Kier molecular flexibility index (Phi) is 5.36. The smallest absolute Gasteiger partial charge is 0.132 e. The van der Waals surface area contributed by atoms with Crippen LogP contribution in [-0.2, 0) is 17.6 Å². The van der Waals surface area contributed by atoms with Gasteiger partial charge in [0.1, 0.15) is 12.1 Å². The highest BCUT2D eigenvalue weighted by molar-refractivity contribution is 5.46. The van der Waals surface area contributed by atoms with Gasteiger partial charge in [-0.1, -0.05) is 0 Å². The quantitative estimate of drug-likeness (QED) is 0.707. The Labute approximate surface area is 108 Å². The fourth-order valence-electron chi connectivity index (χ4n) is 2.24. The number of anilines is 1. The maximum atomic E-state index is 4.98. The fraction of sp³-hybridized carbons (Fsp3) is 0.692. The van der Waals surface area contributed by atoms with Crippen LogP contribution in [0.4, 0.5) is 5.82 Å². The van der Waals surface area contributed by atoms with E-state index in [4.69, 9.17) is 4.74 Å². The topological polar surface area (TPSA) is 59.1 Å². The van der Waals surface area contributed by atoms with E-state index in [2.05, 4.69) is 20.6 Å². The number of fused-ring (bicyclic) bond motifs is 1. The molecule has 2 rings (SSSR count). The minimum atomic E-state index is 0.753. The van der Waals surface area contributed by atoms with E-state index in [-0.39, 0.29) is 0 Å². The Morgan fingerprint density at radius 3 is 2.94 bits per heavy atom. The number of rotatable bonds is 7. The third-order valence-corrected chi connectivity index (χ3v) is 3.20. The predicted molar refractivity (Wildman–Crippen MR) is 71.9 cm³/mol. The number of aromatic nitrogens is 2. The van der Waals surface area contributed by atoms with Crippen molar-refractivity contribution in [2.75, 3.05) is 38.7 Å². The lowest BCUT2D eigenvalue weighted by molar-refractivity contribution is 0.200. The first-order valence-corrected chi connectivity index (χ1v) is 6.68. The highest BCUT2D eigenvalue weighted by atomic mass is 16.5. The number of nitrogens with one attached hydrogen (secondary N) is 2. The summed E-state index contributed by atoms with van der Waals surface area (Å²) in [6.07, 6.45) is 6.38. The minimum Gasteiger partial charge on any atom is -0.383 e. The minimum absolute atomic E-state index is 0.753. The van der Waals surface area contributed by atoms with Gasteiger partial charge in [-0.15, -0.1) is 0 Å². The molecule has 0 fully saturated rings. The standard InChI is InChI=1S/C13H22N4O/c1-18-9-8-14-6-7-15-13-11-4-2-3-5-12(11)16-10-17-13/h10,14H,2-9H2,1H3,(H,15,16,17). The monoisotopic (exact) mass is 250 g/mol. The summed E-state index contributed by atoms with van der Waals surface area (Å²) in [6, 6.07) is 0. The second kappa shape index (κ2) is 7.28. The molecule has 0 atom stereocenters. The van der Waals surface area contributed by atoms with Gasteiger partial charge in [-0.3, -0.25) is 0 Å². The van der Waals surface area contributed by atoms with Gasteiger partial charge in [0.05, 0.1) is 6.61 Å². The number of hydrogen-bond donors (Lipinski definition) is 2. The molecule has 1 aliphatic rings. The van der Waals surface area contributed by atoms with Crippen molar-refractivity contribution in [2.45, 2.75) is 25.7 Å². The van der Waals surface area contributed by atoms with Gasteiger partial charge in [-0.25, -0.2) is 9.97 Å². The van der Waals surface area contributed by atoms with E-state index >= 15 is 0 Å². The molecule has 0 unspecified atom stereocenters. The molecule has 1 heterocycles. The average Bonchev–Trinajstić information content (AvgIpc) is 2.43. The van der Waals surface area contributed by atoms with Crippen molar-refractivity contribution in [3.8, 4) is 0 Å². The zero-order chi connectivity index (χ0) is 12.6. The van der Waals surface area contributed by atoms with Crippen LogP contribution in [0, 0.1) is 0 Å². The van der Waals surface area contributed by atoms with Crippen molar-refractivity contribution in [2.24, 2.45) is 0 Å². The molecule has 0 aliphatic heterocycles. The molecule has 1 aromatic rings. The fourth-order valence-corrected chi connectivity index (χ4v) is 2.24. The Morgan fingerprint density at radius 1 is 1.17 bits per heavy atom. The molecule has 2 N–H and O–H groups in total. The van der Waals surface area contributed by atoms with E-state index in [1.54, 1.807) is 13.4 Å². The molecule has 0 amide bonds. The number of methoxy groups -OCH3 is 1. The maximum Gasteiger partial charge on any atom is 0.132 e. The molecule has 0 radical (unpaired) electrons. The predicted octanol–water partition coefficient (Wildman–Crippen LogP) is 1.00. The van der Waals surface area contributed by atoms with Crippen LogP contribution in [0.1, 0.15) is 24.1 Å². The van der Waals surface area contributed by atoms with Gasteiger partial charge >= 0.3 is 0 Å². The van der Waals surface area contributed by atoms with Crippen molar-refractivity contribution in [3.63, 3.8) is 0 Å². The van der Waals surface area contributed by atoms with Crippen LogP contribution in [0.15, 0.2) is 6.33 Å². The maximum absolute atomic E-state index is 4.98. The first-order chi connectivity index (χ1) is 8.92. The summed E-state index contributed by atoms with van der Waals surface area (Å²) in [5, 5.41) is 6.70. The summed E-state index contributed by atoms with van der Waals surface area (Å²) in [7, 11) is 1.72. The van der Waals surface area contributed by atoms with Crippen LogP contribution in [0.3, 0.4) is 0 Å². The Balaban J connectivity index is 1.79.